The van der Waals surface area contributed by atoms with Crippen molar-refractivity contribution >= 4 is 11.8 Å². The number of allylic oxidation sites excluding steroid dienone is 1. The SMILES string of the molecule is CCCCCCCCCCCCC/C=C/[C@@H](O)[C@H](CO[C@@H]1OC(CO)[C@@H](O[C@@H]2OC(CO)[C@H](O)[C@H](O[C@H]3OC(CO)[C@H](O)[C@H](O[C@@H]4OC(CO)[C@@H](O)[C@H](O)C4NC(C)=O)C3O)C2O)[C@H](O)C1O)NC(=O)CCCCCCCCCCCCCCCCCCCCC. The van der Waals surface area contributed by atoms with Crippen molar-refractivity contribution in [2.45, 2.75) is 361 Å². The number of nitrogens with one attached hydrogen (secondary N) is 2. The Kier molecular flexibility index (Phi) is 41.9. The Morgan fingerprint density at radius 3 is 1.23 bits per heavy atom. The molecule has 0 bridgehead atoms. The second kappa shape index (κ2) is 46.9. The molecule has 4 saturated heterocycles. The molecule has 0 spiro atoms. The van der Waals surface area contributed by atoms with Crippen LogP contribution in [0.1, 0.15) is 226 Å². The second-order valence-corrected chi connectivity index (χ2v) is 25.7. The molecule has 0 saturated carbocycles. The van der Waals surface area contributed by atoms with Crippen molar-refractivity contribution in [3.05, 3.63) is 12.2 Å². The van der Waals surface area contributed by atoms with Crippen LogP contribution in [-0.2, 0) is 47.5 Å². The summed E-state index contributed by atoms with van der Waals surface area (Å²) in [6.07, 6.45) is 5.12. The number of unbranched alkanes of at least 4 members (excludes halogenated alkanes) is 29. The minimum atomic E-state index is -2.11. The van der Waals surface area contributed by atoms with Gasteiger partial charge in [0.2, 0.25) is 11.8 Å². The smallest absolute Gasteiger partial charge is 0.220 e. The lowest BCUT2D eigenvalue weighted by Crippen LogP contribution is -2.69. The minimum absolute atomic E-state index is 0.212. The van der Waals surface area contributed by atoms with Crippen molar-refractivity contribution in [2.75, 3.05) is 33.0 Å². The van der Waals surface area contributed by atoms with Gasteiger partial charge in [-0.3, -0.25) is 9.59 Å². The van der Waals surface area contributed by atoms with E-state index in [-0.39, 0.29) is 12.3 Å². The minimum Gasteiger partial charge on any atom is -0.394 e. The lowest BCUT2D eigenvalue weighted by molar-refractivity contribution is -0.387. The molecule has 91 heavy (non-hydrogen) atoms. The van der Waals surface area contributed by atoms with Crippen LogP contribution in [0.15, 0.2) is 12.2 Å². The van der Waals surface area contributed by atoms with Crippen LogP contribution in [0.25, 0.3) is 0 Å². The average molecular weight is 1310 g/mol. The first-order valence-corrected chi connectivity index (χ1v) is 34.9. The summed E-state index contributed by atoms with van der Waals surface area (Å²) in [4.78, 5) is 25.5. The van der Waals surface area contributed by atoms with Crippen LogP contribution in [-0.4, -0.2) is 246 Å². The third-order valence-electron chi connectivity index (χ3n) is 18.1. The van der Waals surface area contributed by atoms with Crippen LogP contribution in [0.4, 0.5) is 0 Å². The normalized spacial score (nSPS) is 32.9. The van der Waals surface area contributed by atoms with Gasteiger partial charge in [0, 0.05) is 13.3 Å². The first-order valence-electron chi connectivity index (χ1n) is 34.9. The van der Waals surface area contributed by atoms with E-state index < -0.39 is 174 Å². The van der Waals surface area contributed by atoms with Gasteiger partial charge in [-0.2, -0.15) is 0 Å². The van der Waals surface area contributed by atoms with Crippen molar-refractivity contribution in [1.29, 1.82) is 0 Å². The Hall–Kier alpha value is -2.16. The Balaban J connectivity index is 1.33. The fraction of sp³-hybridized carbons (Fsp3) is 0.939. The summed E-state index contributed by atoms with van der Waals surface area (Å²) in [6, 6.07) is -2.55. The van der Waals surface area contributed by atoms with Gasteiger partial charge in [-0.25, -0.2) is 0 Å². The molecular weight excluding hydrogens is 1190 g/mol. The Morgan fingerprint density at radius 2 is 0.802 bits per heavy atom. The van der Waals surface area contributed by atoms with E-state index in [0.717, 1.165) is 51.9 Å². The molecule has 25 nitrogen and oxygen atoms in total. The van der Waals surface area contributed by atoms with Crippen molar-refractivity contribution in [1.82, 2.24) is 10.6 Å². The zero-order valence-corrected chi connectivity index (χ0v) is 54.9. The summed E-state index contributed by atoms with van der Waals surface area (Å²) in [5.41, 5.74) is 0. The molecule has 4 heterocycles. The van der Waals surface area contributed by atoms with E-state index in [1.807, 2.05) is 6.08 Å². The fourth-order valence-electron chi connectivity index (χ4n) is 12.4. The molecule has 8 unspecified atom stereocenters. The van der Waals surface area contributed by atoms with Crippen LogP contribution < -0.4 is 10.6 Å². The number of hydrogen-bond donors (Lipinski definition) is 15. The van der Waals surface area contributed by atoms with Gasteiger partial charge in [-0.05, 0) is 19.3 Å². The van der Waals surface area contributed by atoms with Crippen LogP contribution in [0.2, 0.25) is 0 Å². The lowest BCUT2D eigenvalue weighted by atomic mass is 9.95. The number of ether oxygens (including phenoxy) is 8. The maximum Gasteiger partial charge on any atom is 0.220 e. The first-order chi connectivity index (χ1) is 44.0. The quantitative estimate of drug-likeness (QED) is 0.0307. The largest absolute Gasteiger partial charge is 0.394 e. The Morgan fingerprint density at radius 1 is 0.429 bits per heavy atom. The van der Waals surface area contributed by atoms with E-state index in [4.69, 9.17) is 37.9 Å². The van der Waals surface area contributed by atoms with Crippen molar-refractivity contribution in [3.8, 4) is 0 Å². The number of aliphatic hydroxyl groups is 13. The van der Waals surface area contributed by atoms with Crippen molar-refractivity contribution < 1.29 is 114 Å². The maximum atomic E-state index is 13.5. The van der Waals surface area contributed by atoms with E-state index in [0.29, 0.717) is 12.8 Å². The number of rotatable bonds is 49. The number of carbonyl (C=O) groups excluding carboxylic acids is 2. The number of aliphatic hydroxyl groups excluding tert-OH is 13. The van der Waals surface area contributed by atoms with Gasteiger partial charge in [-0.1, -0.05) is 206 Å². The molecule has 534 valence electrons. The highest BCUT2D eigenvalue weighted by Crippen LogP contribution is 2.35. The number of carbonyl (C=O) groups is 2. The molecular formula is C66H122N2O23. The van der Waals surface area contributed by atoms with Gasteiger partial charge in [0.1, 0.15) is 97.6 Å². The summed E-state index contributed by atoms with van der Waals surface area (Å²) in [7, 11) is 0. The summed E-state index contributed by atoms with van der Waals surface area (Å²) in [5.74, 6) is -1.01. The zero-order chi connectivity index (χ0) is 66.5. The van der Waals surface area contributed by atoms with Gasteiger partial charge in [0.25, 0.3) is 0 Å². The summed E-state index contributed by atoms with van der Waals surface area (Å²) in [6.45, 7) is 1.60. The predicted molar refractivity (Wildman–Crippen MR) is 335 cm³/mol. The third-order valence-corrected chi connectivity index (χ3v) is 18.1. The van der Waals surface area contributed by atoms with E-state index in [1.165, 1.54) is 141 Å². The molecule has 15 N–H and O–H groups in total. The van der Waals surface area contributed by atoms with Crippen LogP contribution in [0, 0.1) is 0 Å². The predicted octanol–water partition coefficient (Wildman–Crippen LogP) is 3.34. The molecule has 0 aromatic heterocycles. The Labute approximate surface area is 540 Å². The highest BCUT2D eigenvalue weighted by atomic mass is 16.8. The topological polar surface area (TPSA) is 395 Å². The van der Waals surface area contributed by atoms with Gasteiger partial charge >= 0.3 is 0 Å². The van der Waals surface area contributed by atoms with E-state index >= 15 is 0 Å². The summed E-state index contributed by atoms with van der Waals surface area (Å²) >= 11 is 0. The molecule has 4 aliphatic rings. The first kappa shape index (κ1) is 81.3. The number of hydrogen-bond acceptors (Lipinski definition) is 23. The maximum absolute atomic E-state index is 13.5. The van der Waals surface area contributed by atoms with Crippen molar-refractivity contribution in [2.24, 2.45) is 0 Å². The van der Waals surface area contributed by atoms with Crippen LogP contribution >= 0.6 is 0 Å². The monoisotopic (exact) mass is 1310 g/mol. The fourth-order valence-corrected chi connectivity index (χ4v) is 12.4. The molecule has 22 atom stereocenters. The molecule has 25 heteroatoms. The van der Waals surface area contributed by atoms with Crippen LogP contribution in [0.5, 0.6) is 0 Å². The zero-order valence-electron chi connectivity index (χ0n) is 54.9. The van der Waals surface area contributed by atoms with Crippen molar-refractivity contribution in [3.63, 3.8) is 0 Å². The molecule has 0 aromatic carbocycles. The third kappa shape index (κ3) is 28.4. The van der Waals surface area contributed by atoms with E-state index in [1.54, 1.807) is 6.08 Å². The molecule has 4 fully saturated rings. The summed E-state index contributed by atoms with van der Waals surface area (Å²) < 4.78 is 46.5. The molecule has 2 amide bonds. The van der Waals surface area contributed by atoms with Crippen LogP contribution in [0.3, 0.4) is 0 Å². The van der Waals surface area contributed by atoms with E-state index in [9.17, 15) is 76.0 Å². The highest BCUT2D eigenvalue weighted by Gasteiger charge is 2.56. The molecule has 0 radical (unpaired) electrons. The summed E-state index contributed by atoms with van der Waals surface area (Å²) in [5, 5.41) is 148. The lowest BCUT2D eigenvalue weighted by Gasteiger charge is -2.49. The molecule has 0 aliphatic carbocycles. The van der Waals surface area contributed by atoms with Gasteiger partial charge in [-0.15, -0.1) is 0 Å². The number of amides is 2. The second-order valence-electron chi connectivity index (χ2n) is 25.7. The molecule has 0 aromatic rings. The van der Waals surface area contributed by atoms with Gasteiger partial charge < -0.3 is 115 Å². The molecule has 4 aliphatic heterocycles. The molecule has 4 rings (SSSR count). The standard InChI is InChI=1S/C66H122N2O23/c1-4-6-8-10-12-14-16-18-19-20-21-22-23-25-27-29-31-33-35-37-50(75)68-44(45(74)36-34-32-30-28-26-24-17-15-13-11-9-7-5-2)42-84-64-57(81)56(80)60(49(41-72)88-64)89-65-59(83)62(54(78)48(40-71)86-65)91-66-58(82)61(53(77)47(39-70)87-66)90-63-51(67-43(3)73)55(79)52(76)46(38-69)85-63/h34,36,44-49,51-66,69-72,74,76-83H,4-33,35,37-42H2,1-3H3,(H,67,73)(H,68,75)/b36-34+/t44-,45+,46?,47?,48?,49?,51?,52+,53-,54-,55+,56+,57?,58?,59?,60+,61-,62-,63-,64+,65-,66+/m0/s1. The van der Waals surface area contributed by atoms with Gasteiger partial charge in [0.05, 0.1) is 45.2 Å². The highest BCUT2D eigenvalue weighted by molar-refractivity contribution is 5.76. The van der Waals surface area contributed by atoms with E-state index in [2.05, 4.69) is 24.5 Å². The average Bonchev–Trinajstić information content (AvgIpc) is 0.839. The Bertz CT molecular complexity index is 1900. The van der Waals surface area contributed by atoms with Gasteiger partial charge in [0.15, 0.2) is 25.2 Å².